The first-order chi connectivity index (χ1) is 8.34. The highest BCUT2D eigenvalue weighted by Gasteiger charge is 2.38. The standard InChI is InChI=1S/C15H16N2/c16-13-8-4-5-9-14(13)17-15-10-12(15)11-6-2-1-3-7-11/h1-9,12,15,17H,10,16H2. The van der Waals surface area contributed by atoms with Crippen LogP contribution in [-0.4, -0.2) is 6.04 Å². The summed E-state index contributed by atoms with van der Waals surface area (Å²) in [6.07, 6.45) is 1.19. The van der Waals surface area contributed by atoms with Crippen molar-refractivity contribution in [3.05, 3.63) is 60.2 Å². The molecule has 17 heavy (non-hydrogen) atoms. The van der Waals surface area contributed by atoms with Crippen LogP contribution in [0.1, 0.15) is 17.9 Å². The van der Waals surface area contributed by atoms with Crippen molar-refractivity contribution in [2.75, 3.05) is 11.1 Å². The molecule has 0 saturated heterocycles. The quantitative estimate of drug-likeness (QED) is 0.785. The van der Waals surface area contributed by atoms with Crippen molar-refractivity contribution in [2.45, 2.75) is 18.4 Å². The number of anilines is 2. The molecule has 0 heterocycles. The summed E-state index contributed by atoms with van der Waals surface area (Å²) in [6, 6.07) is 19.1. The Labute approximate surface area is 101 Å². The number of nitrogens with two attached hydrogens (primary N) is 1. The van der Waals surface area contributed by atoms with E-state index in [4.69, 9.17) is 5.73 Å². The van der Waals surface area contributed by atoms with Gasteiger partial charge in [0, 0.05) is 12.0 Å². The number of para-hydroxylation sites is 2. The molecule has 0 spiro atoms. The first-order valence-corrected chi connectivity index (χ1v) is 6.00. The van der Waals surface area contributed by atoms with Crippen LogP contribution in [0.2, 0.25) is 0 Å². The highest BCUT2D eigenvalue weighted by molar-refractivity contribution is 5.66. The molecule has 2 aromatic rings. The van der Waals surface area contributed by atoms with Crippen molar-refractivity contribution in [1.82, 2.24) is 0 Å². The highest BCUT2D eigenvalue weighted by atomic mass is 15.0. The van der Waals surface area contributed by atoms with Crippen molar-refractivity contribution in [3.8, 4) is 0 Å². The lowest BCUT2D eigenvalue weighted by Crippen LogP contribution is -2.06. The van der Waals surface area contributed by atoms with Gasteiger partial charge >= 0.3 is 0 Å². The predicted octanol–water partition coefficient (Wildman–Crippen LogP) is 3.24. The van der Waals surface area contributed by atoms with E-state index in [9.17, 15) is 0 Å². The van der Waals surface area contributed by atoms with E-state index in [1.807, 2.05) is 24.3 Å². The monoisotopic (exact) mass is 224 g/mol. The summed E-state index contributed by atoms with van der Waals surface area (Å²) in [5.41, 5.74) is 9.21. The second kappa shape index (κ2) is 4.13. The summed E-state index contributed by atoms with van der Waals surface area (Å²) in [5, 5.41) is 3.51. The normalized spacial score (nSPS) is 22.1. The lowest BCUT2D eigenvalue weighted by molar-refractivity contribution is 1.05. The molecule has 3 N–H and O–H groups in total. The van der Waals surface area contributed by atoms with E-state index < -0.39 is 0 Å². The molecule has 1 aliphatic rings. The van der Waals surface area contributed by atoms with Gasteiger partial charge in [-0.1, -0.05) is 42.5 Å². The lowest BCUT2D eigenvalue weighted by Gasteiger charge is -2.08. The van der Waals surface area contributed by atoms with E-state index in [1.54, 1.807) is 0 Å². The second-order valence-corrected chi connectivity index (χ2v) is 4.59. The molecule has 0 aromatic heterocycles. The van der Waals surface area contributed by atoms with Gasteiger partial charge in [0.1, 0.15) is 0 Å². The van der Waals surface area contributed by atoms with Crippen molar-refractivity contribution in [2.24, 2.45) is 0 Å². The topological polar surface area (TPSA) is 38.0 Å². The summed E-state index contributed by atoms with van der Waals surface area (Å²) in [5.74, 6) is 0.635. The minimum absolute atomic E-state index is 0.530. The predicted molar refractivity (Wildman–Crippen MR) is 72.1 cm³/mol. The number of nitrogen functional groups attached to an aromatic ring is 1. The Hall–Kier alpha value is -1.96. The summed E-state index contributed by atoms with van der Waals surface area (Å²) in [4.78, 5) is 0. The van der Waals surface area contributed by atoms with Crippen LogP contribution in [0.5, 0.6) is 0 Å². The van der Waals surface area contributed by atoms with E-state index in [-0.39, 0.29) is 0 Å². The summed E-state index contributed by atoms with van der Waals surface area (Å²) in [6.45, 7) is 0. The maximum atomic E-state index is 5.92. The Balaban J connectivity index is 1.69. The number of nitrogens with one attached hydrogen (secondary N) is 1. The summed E-state index contributed by atoms with van der Waals surface area (Å²) in [7, 11) is 0. The van der Waals surface area contributed by atoms with Gasteiger partial charge in [0.25, 0.3) is 0 Å². The van der Waals surface area contributed by atoms with E-state index in [0.717, 1.165) is 11.4 Å². The van der Waals surface area contributed by atoms with Gasteiger partial charge in [-0.2, -0.15) is 0 Å². The number of hydrogen-bond donors (Lipinski definition) is 2. The Morgan fingerprint density at radius 1 is 0.941 bits per heavy atom. The van der Waals surface area contributed by atoms with Crippen LogP contribution in [0.25, 0.3) is 0 Å². The SMILES string of the molecule is Nc1ccccc1NC1CC1c1ccccc1. The van der Waals surface area contributed by atoms with Crippen molar-refractivity contribution >= 4 is 11.4 Å². The average Bonchev–Trinajstić information content (AvgIpc) is 3.13. The third-order valence-electron chi connectivity index (χ3n) is 3.32. The zero-order valence-electron chi connectivity index (χ0n) is 9.64. The third kappa shape index (κ3) is 2.11. The molecular formula is C15H16N2. The smallest absolute Gasteiger partial charge is 0.0576 e. The van der Waals surface area contributed by atoms with Crippen LogP contribution >= 0.6 is 0 Å². The Bertz CT molecular complexity index is 507. The van der Waals surface area contributed by atoms with Gasteiger partial charge in [0.2, 0.25) is 0 Å². The number of rotatable bonds is 3. The van der Waals surface area contributed by atoms with Gasteiger partial charge in [0.15, 0.2) is 0 Å². The second-order valence-electron chi connectivity index (χ2n) is 4.59. The lowest BCUT2D eigenvalue weighted by atomic mass is 10.1. The van der Waals surface area contributed by atoms with Crippen molar-refractivity contribution in [3.63, 3.8) is 0 Å². The third-order valence-corrected chi connectivity index (χ3v) is 3.32. The fourth-order valence-electron chi connectivity index (χ4n) is 2.25. The molecule has 2 aromatic carbocycles. The zero-order chi connectivity index (χ0) is 11.7. The molecule has 1 saturated carbocycles. The highest BCUT2D eigenvalue weighted by Crippen LogP contribution is 2.43. The molecule has 0 aliphatic heterocycles. The van der Waals surface area contributed by atoms with E-state index in [2.05, 4.69) is 35.6 Å². The van der Waals surface area contributed by atoms with Crippen LogP contribution in [0.15, 0.2) is 54.6 Å². The van der Waals surface area contributed by atoms with Gasteiger partial charge in [0.05, 0.1) is 11.4 Å². The first-order valence-electron chi connectivity index (χ1n) is 6.00. The molecule has 86 valence electrons. The van der Waals surface area contributed by atoms with Crippen LogP contribution in [0.3, 0.4) is 0 Å². The fourth-order valence-corrected chi connectivity index (χ4v) is 2.25. The average molecular weight is 224 g/mol. The molecular weight excluding hydrogens is 208 g/mol. The van der Waals surface area contributed by atoms with Crippen LogP contribution in [-0.2, 0) is 0 Å². The minimum Gasteiger partial charge on any atom is -0.397 e. The van der Waals surface area contributed by atoms with Gasteiger partial charge in [-0.05, 0) is 24.1 Å². The summed E-state index contributed by atoms with van der Waals surface area (Å²) < 4.78 is 0. The summed E-state index contributed by atoms with van der Waals surface area (Å²) >= 11 is 0. The van der Waals surface area contributed by atoms with Gasteiger partial charge in [-0.25, -0.2) is 0 Å². The first kappa shape index (κ1) is 10.2. The number of hydrogen-bond acceptors (Lipinski definition) is 2. The molecule has 0 radical (unpaired) electrons. The van der Waals surface area contributed by atoms with Crippen molar-refractivity contribution < 1.29 is 0 Å². The molecule has 0 bridgehead atoms. The molecule has 2 nitrogen and oxygen atoms in total. The number of benzene rings is 2. The molecule has 2 atom stereocenters. The molecule has 0 amide bonds. The minimum atomic E-state index is 0.530. The van der Waals surface area contributed by atoms with Gasteiger partial charge in [-0.15, -0.1) is 0 Å². The van der Waals surface area contributed by atoms with Crippen LogP contribution in [0.4, 0.5) is 11.4 Å². The Morgan fingerprint density at radius 3 is 2.41 bits per heavy atom. The largest absolute Gasteiger partial charge is 0.397 e. The molecule has 1 aliphatic carbocycles. The molecule has 3 rings (SSSR count). The van der Waals surface area contributed by atoms with E-state index in [1.165, 1.54) is 12.0 Å². The zero-order valence-corrected chi connectivity index (χ0v) is 9.64. The fraction of sp³-hybridized carbons (Fsp3) is 0.200. The molecule has 2 heteroatoms. The maximum Gasteiger partial charge on any atom is 0.0576 e. The van der Waals surface area contributed by atoms with Crippen LogP contribution in [0, 0.1) is 0 Å². The maximum absolute atomic E-state index is 5.92. The van der Waals surface area contributed by atoms with E-state index >= 15 is 0 Å². The molecule has 1 fully saturated rings. The van der Waals surface area contributed by atoms with E-state index in [0.29, 0.717) is 12.0 Å². The van der Waals surface area contributed by atoms with Crippen LogP contribution < -0.4 is 11.1 Å². The van der Waals surface area contributed by atoms with Gasteiger partial charge < -0.3 is 11.1 Å². The Morgan fingerprint density at radius 2 is 1.65 bits per heavy atom. The van der Waals surface area contributed by atoms with Gasteiger partial charge in [-0.3, -0.25) is 0 Å². The molecule has 2 unspecified atom stereocenters. The van der Waals surface area contributed by atoms with Crippen molar-refractivity contribution in [1.29, 1.82) is 0 Å². The Kier molecular flexibility index (Phi) is 2.48.